The van der Waals surface area contributed by atoms with E-state index in [2.05, 4.69) is 4.98 Å². The molecule has 3 nitrogen and oxygen atoms in total. The van der Waals surface area contributed by atoms with Crippen LogP contribution in [-0.2, 0) is 11.2 Å². The third kappa shape index (κ3) is 2.52. The van der Waals surface area contributed by atoms with Crippen molar-refractivity contribution in [3.8, 4) is 0 Å². The molecule has 0 aliphatic carbocycles. The zero-order valence-corrected chi connectivity index (χ0v) is 8.12. The van der Waals surface area contributed by atoms with E-state index in [9.17, 15) is 9.18 Å². The first-order chi connectivity index (χ1) is 6.42. The van der Waals surface area contributed by atoms with Crippen LogP contribution in [-0.4, -0.2) is 16.1 Å². The second-order valence-corrected chi connectivity index (χ2v) is 3.83. The van der Waals surface area contributed by atoms with Gasteiger partial charge in [0.15, 0.2) is 0 Å². The number of rotatable bonds is 3. The highest BCUT2D eigenvalue weighted by Gasteiger charge is 2.27. The fraction of sp³-hybridized carbons (Fsp3) is 0.400. The van der Waals surface area contributed by atoms with E-state index in [1.807, 2.05) is 0 Å². The van der Waals surface area contributed by atoms with Gasteiger partial charge in [-0.1, -0.05) is 0 Å². The molecule has 1 aromatic rings. The summed E-state index contributed by atoms with van der Waals surface area (Å²) in [5.41, 5.74) is -0.288. The topological polar surface area (TPSA) is 50.2 Å². The van der Waals surface area contributed by atoms with E-state index in [4.69, 9.17) is 5.11 Å². The first-order valence-electron chi connectivity index (χ1n) is 4.25. The standard InChI is InChI=1S/C10H12FNO2/c1-10(2,9(13)14)5-8-4-3-7(11)6-12-8/h3-4,6H,5H2,1-2H3,(H,13,14). The minimum absolute atomic E-state index is 0.294. The van der Waals surface area contributed by atoms with Crippen LogP contribution in [0, 0.1) is 11.2 Å². The Hall–Kier alpha value is -1.45. The molecule has 0 spiro atoms. The fourth-order valence-corrected chi connectivity index (χ4v) is 1.04. The lowest BCUT2D eigenvalue weighted by Crippen LogP contribution is -2.26. The number of carboxylic acid groups (broad SMARTS) is 1. The summed E-state index contributed by atoms with van der Waals surface area (Å²) in [5.74, 6) is -1.30. The van der Waals surface area contributed by atoms with E-state index in [1.54, 1.807) is 13.8 Å². The minimum Gasteiger partial charge on any atom is -0.481 e. The number of carbonyl (C=O) groups is 1. The molecule has 0 aromatic carbocycles. The number of hydrogen-bond donors (Lipinski definition) is 1. The number of aliphatic carboxylic acids is 1. The quantitative estimate of drug-likeness (QED) is 0.804. The summed E-state index contributed by atoms with van der Waals surface area (Å²) in [5, 5.41) is 8.86. The van der Waals surface area contributed by atoms with Crippen LogP contribution in [0.25, 0.3) is 0 Å². The smallest absolute Gasteiger partial charge is 0.309 e. The highest BCUT2D eigenvalue weighted by atomic mass is 19.1. The minimum atomic E-state index is -0.886. The molecule has 0 unspecified atom stereocenters. The van der Waals surface area contributed by atoms with Gasteiger partial charge in [-0.3, -0.25) is 9.78 Å². The fourth-order valence-electron chi connectivity index (χ4n) is 1.04. The Morgan fingerprint density at radius 3 is 2.64 bits per heavy atom. The van der Waals surface area contributed by atoms with Crippen molar-refractivity contribution in [3.05, 3.63) is 29.8 Å². The first-order valence-corrected chi connectivity index (χ1v) is 4.25. The molecule has 0 saturated heterocycles. The molecule has 1 N–H and O–H groups in total. The van der Waals surface area contributed by atoms with Crippen LogP contribution in [0.1, 0.15) is 19.5 Å². The van der Waals surface area contributed by atoms with Gasteiger partial charge in [0, 0.05) is 12.1 Å². The van der Waals surface area contributed by atoms with Gasteiger partial charge in [0.1, 0.15) is 5.82 Å². The number of nitrogens with zero attached hydrogens (tertiary/aromatic N) is 1. The Bertz CT molecular complexity index is 332. The van der Waals surface area contributed by atoms with Gasteiger partial charge in [-0.25, -0.2) is 4.39 Å². The lowest BCUT2D eigenvalue weighted by molar-refractivity contribution is -0.146. The number of hydrogen-bond acceptors (Lipinski definition) is 2. The summed E-state index contributed by atoms with van der Waals surface area (Å²) in [7, 11) is 0. The second kappa shape index (κ2) is 3.74. The molecule has 4 heteroatoms. The van der Waals surface area contributed by atoms with Gasteiger partial charge in [-0.2, -0.15) is 0 Å². The summed E-state index contributed by atoms with van der Waals surface area (Å²) in [6.45, 7) is 3.22. The zero-order valence-electron chi connectivity index (χ0n) is 8.12. The maximum atomic E-state index is 12.5. The van der Waals surface area contributed by atoms with E-state index < -0.39 is 17.2 Å². The van der Waals surface area contributed by atoms with Gasteiger partial charge in [-0.05, 0) is 26.0 Å². The lowest BCUT2D eigenvalue weighted by atomic mass is 9.88. The molecule has 76 valence electrons. The molecule has 0 saturated carbocycles. The monoisotopic (exact) mass is 197 g/mol. The molecular weight excluding hydrogens is 185 g/mol. The predicted octanol–water partition coefficient (Wildman–Crippen LogP) is 1.87. The van der Waals surface area contributed by atoms with Crippen molar-refractivity contribution in [3.63, 3.8) is 0 Å². The van der Waals surface area contributed by atoms with Gasteiger partial charge in [0.25, 0.3) is 0 Å². The second-order valence-electron chi connectivity index (χ2n) is 3.83. The van der Waals surface area contributed by atoms with Crippen LogP contribution < -0.4 is 0 Å². The average molecular weight is 197 g/mol. The van der Waals surface area contributed by atoms with E-state index in [0.717, 1.165) is 6.20 Å². The number of halogens is 1. The average Bonchev–Trinajstić information content (AvgIpc) is 2.08. The van der Waals surface area contributed by atoms with Crippen LogP contribution in [0.15, 0.2) is 18.3 Å². The van der Waals surface area contributed by atoms with Crippen molar-refractivity contribution in [2.24, 2.45) is 5.41 Å². The summed E-state index contributed by atoms with van der Waals surface area (Å²) in [6.07, 6.45) is 1.38. The maximum absolute atomic E-state index is 12.5. The van der Waals surface area contributed by atoms with Crippen LogP contribution in [0.5, 0.6) is 0 Å². The van der Waals surface area contributed by atoms with E-state index in [1.165, 1.54) is 12.1 Å². The van der Waals surface area contributed by atoms with Gasteiger partial charge in [0.05, 0.1) is 11.6 Å². The van der Waals surface area contributed by atoms with Gasteiger partial charge in [0.2, 0.25) is 0 Å². The maximum Gasteiger partial charge on any atom is 0.309 e. The molecule has 14 heavy (non-hydrogen) atoms. The van der Waals surface area contributed by atoms with E-state index in [-0.39, 0.29) is 0 Å². The summed E-state index contributed by atoms with van der Waals surface area (Å²) in [6, 6.07) is 2.78. The molecule has 0 bridgehead atoms. The molecule has 0 amide bonds. The normalized spacial score (nSPS) is 11.4. The summed E-state index contributed by atoms with van der Waals surface area (Å²) < 4.78 is 12.5. The lowest BCUT2D eigenvalue weighted by Gasteiger charge is -2.17. The molecule has 1 aromatic heterocycles. The number of carboxylic acids is 1. The predicted molar refractivity (Wildman–Crippen MR) is 49.3 cm³/mol. The van der Waals surface area contributed by atoms with Gasteiger partial charge in [-0.15, -0.1) is 0 Å². The van der Waals surface area contributed by atoms with E-state index in [0.29, 0.717) is 12.1 Å². The summed E-state index contributed by atoms with van der Waals surface area (Å²) >= 11 is 0. The van der Waals surface area contributed by atoms with Crippen LogP contribution in [0.4, 0.5) is 4.39 Å². The van der Waals surface area contributed by atoms with Crippen LogP contribution in [0.2, 0.25) is 0 Å². The Balaban J connectivity index is 2.79. The number of pyridine rings is 1. The van der Waals surface area contributed by atoms with Crippen molar-refractivity contribution >= 4 is 5.97 Å². The molecule has 0 fully saturated rings. The third-order valence-corrected chi connectivity index (χ3v) is 1.99. The Morgan fingerprint density at radius 1 is 1.57 bits per heavy atom. The molecule has 1 rings (SSSR count). The zero-order chi connectivity index (χ0) is 10.8. The molecule has 0 atom stereocenters. The SMILES string of the molecule is CC(C)(Cc1ccc(F)cn1)C(=O)O. The Labute approximate surface area is 81.6 Å². The Morgan fingerprint density at radius 2 is 2.21 bits per heavy atom. The van der Waals surface area contributed by atoms with Crippen molar-refractivity contribution in [1.29, 1.82) is 0 Å². The van der Waals surface area contributed by atoms with Crippen molar-refractivity contribution in [1.82, 2.24) is 4.98 Å². The molecule has 0 aliphatic heterocycles. The van der Waals surface area contributed by atoms with Crippen molar-refractivity contribution in [2.75, 3.05) is 0 Å². The molecular formula is C10H12FNO2. The van der Waals surface area contributed by atoms with Gasteiger partial charge >= 0.3 is 5.97 Å². The van der Waals surface area contributed by atoms with Gasteiger partial charge < -0.3 is 5.11 Å². The molecule has 0 radical (unpaired) electrons. The highest BCUT2D eigenvalue weighted by molar-refractivity contribution is 5.73. The van der Waals surface area contributed by atoms with E-state index >= 15 is 0 Å². The first kappa shape index (κ1) is 10.6. The van der Waals surface area contributed by atoms with Crippen molar-refractivity contribution in [2.45, 2.75) is 20.3 Å². The third-order valence-electron chi connectivity index (χ3n) is 1.99. The highest BCUT2D eigenvalue weighted by Crippen LogP contribution is 2.20. The van der Waals surface area contributed by atoms with Crippen LogP contribution >= 0.6 is 0 Å². The van der Waals surface area contributed by atoms with Crippen molar-refractivity contribution < 1.29 is 14.3 Å². The molecule has 1 heterocycles. The Kier molecular flexibility index (Phi) is 2.84. The summed E-state index contributed by atoms with van der Waals surface area (Å²) in [4.78, 5) is 14.6. The van der Waals surface area contributed by atoms with Crippen LogP contribution in [0.3, 0.4) is 0 Å². The largest absolute Gasteiger partial charge is 0.481 e. The number of aromatic nitrogens is 1. The molecule has 0 aliphatic rings.